The third-order valence-electron chi connectivity index (χ3n) is 9.08. The lowest BCUT2D eigenvalue weighted by Crippen LogP contribution is -2.47. The lowest BCUT2D eigenvalue weighted by molar-refractivity contribution is -0.168. The van der Waals surface area contributed by atoms with E-state index in [2.05, 4.69) is 20.8 Å². The van der Waals surface area contributed by atoms with Crippen molar-refractivity contribution >= 4 is 37.5 Å². The van der Waals surface area contributed by atoms with Gasteiger partial charge in [-0.2, -0.15) is 0 Å². The smallest absolute Gasteiger partial charge is 0.323 e. The van der Waals surface area contributed by atoms with Gasteiger partial charge in [0.05, 0.1) is 39.8 Å². The average molecular weight is 498 g/mol. The van der Waals surface area contributed by atoms with Gasteiger partial charge < -0.3 is 9.47 Å². The van der Waals surface area contributed by atoms with Crippen molar-refractivity contribution < 1.29 is 28.7 Å². The van der Waals surface area contributed by atoms with Crippen molar-refractivity contribution in [1.29, 1.82) is 0 Å². The fraction of sp³-hybridized carbons (Fsp3) is 0.556. The summed E-state index contributed by atoms with van der Waals surface area (Å²) in [6.45, 7) is 6.55. The number of esters is 2. The first-order valence-electron chi connectivity index (χ1n) is 12.6. The molecule has 1 fully saturated rings. The molecule has 7 nitrogen and oxygen atoms in total. The molecule has 2 amide bonds. The van der Waals surface area contributed by atoms with E-state index in [1.807, 2.05) is 18.2 Å². The molecule has 0 saturated carbocycles. The second-order valence-corrected chi connectivity index (χ2v) is 15.6. The molecule has 4 rings (SSSR count). The summed E-state index contributed by atoms with van der Waals surface area (Å²) in [5.41, 5.74) is 1.07. The van der Waals surface area contributed by atoms with Gasteiger partial charge in [-0.3, -0.25) is 24.1 Å². The van der Waals surface area contributed by atoms with Crippen LogP contribution in [0.5, 0.6) is 0 Å². The lowest BCUT2D eigenvalue weighted by Gasteiger charge is -2.45. The Morgan fingerprint density at radius 1 is 0.943 bits per heavy atom. The van der Waals surface area contributed by atoms with E-state index in [-0.39, 0.29) is 30.2 Å². The highest BCUT2D eigenvalue weighted by Crippen LogP contribution is 2.62. The van der Waals surface area contributed by atoms with Crippen LogP contribution in [0.15, 0.2) is 41.5 Å². The Bertz CT molecular complexity index is 1050. The zero-order valence-corrected chi connectivity index (χ0v) is 22.3. The van der Waals surface area contributed by atoms with Gasteiger partial charge in [-0.05, 0) is 36.9 Å². The van der Waals surface area contributed by atoms with Crippen LogP contribution in [0.3, 0.4) is 0 Å². The van der Waals surface area contributed by atoms with Gasteiger partial charge in [-0.15, -0.1) is 0 Å². The Morgan fingerprint density at radius 3 is 2.03 bits per heavy atom. The van der Waals surface area contributed by atoms with Gasteiger partial charge in [0.1, 0.15) is 0 Å². The predicted molar refractivity (Wildman–Crippen MR) is 134 cm³/mol. The Morgan fingerprint density at radius 2 is 1.51 bits per heavy atom. The Balaban J connectivity index is 1.86. The molecule has 3 atom stereocenters. The first kappa shape index (κ1) is 25.4. The quantitative estimate of drug-likeness (QED) is 0.181. The number of nitrogens with zero attached hydrogens (tertiary/aromatic N) is 1. The van der Waals surface area contributed by atoms with Crippen LogP contribution >= 0.6 is 0 Å². The van der Waals surface area contributed by atoms with Gasteiger partial charge in [0.15, 0.2) is 5.41 Å². The normalized spacial score (nSPS) is 25.4. The molecule has 35 heavy (non-hydrogen) atoms. The van der Waals surface area contributed by atoms with Gasteiger partial charge in [-0.1, -0.05) is 68.2 Å². The Kier molecular flexibility index (Phi) is 6.79. The lowest BCUT2D eigenvalue weighted by atomic mass is 9.77. The van der Waals surface area contributed by atoms with Gasteiger partial charge in [0, 0.05) is 0 Å². The number of benzene rings is 1. The van der Waals surface area contributed by atoms with Gasteiger partial charge in [-0.25, -0.2) is 0 Å². The molecular formula is C27H35NO6Si. The number of para-hydroxylation sites is 1. The number of allylic oxidation sites excluding steroid dienone is 2. The molecule has 188 valence electrons. The van der Waals surface area contributed by atoms with Crippen LogP contribution < -0.4 is 4.90 Å². The molecule has 1 aromatic carbocycles. The van der Waals surface area contributed by atoms with E-state index < -0.39 is 37.3 Å². The van der Waals surface area contributed by atoms with Crippen molar-refractivity contribution in [3.8, 4) is 0 Å². The maximum atomic E-state index is 14.0. The first-order valence-corrected chi connectivity index (χ1v) is 15.3. The largest absolute Gasteiger partial charge is 0.468 e. The molecule has 1 heterocycles. The van der Waals surface area contributed by atoms with Crippen molar-refractivity contribution in [2.24, 2.45) is 17.3 Å². The number of amides is 2. The maximum absolute atomic E-state index is 14.0. The number of fused-ring (bicyclic) bond motifs is 1. The average Bonchev–Trinajstić information content (AvgIpc) is 3.40. The van der Waals surface area contributed by atoms with Crippen LogP contribution in [0, 0.1) is 17.3 Å². The summed E-state index contributed by atoms with van der Waals surface area (Å²) in [5.74, 6) is -2.48. The second kappa shape index (κ2) is 9.37. The monoisotopic (exact) mass is 497 g/mol. The maximum Gasteiger partial charge on any atom is 0.323 e. The minimum Gasteiger partial charge on any atom is -0.468 e. The Labute approximate surface area is 207 Å². The predicted octanol–water partition coefficient (Wildman–Crippen LogP) is 4.50. The fourth-order valence-corrected chi connectivity index (χ4v) is 12.1. The van der Waals surface area contributed by atoms with Gasteiger partial charge in [0.2, 0.25) is 11.8 Å². The van der Waals surface area contributed by atoms with Crippen LogP contribution in [0.4, 0.5) is 5.69 Å². The fourth-order valence-electron chi connectivity index (χ4n) is 7.10. The molecular weight excluding hydrogens is 462 g/mol. The van der Waals surface area contributed by atoms with E-state index in [9.17, 15) is 19.2 Å². The summed E-state index contributed by atoms with van der Waals surface area (Å²) in [6, 6.07) is 12.0. The van der Waals surface area contributed by atoms with E-state index in [1.54, 1.807) is 12.1 Å². The molecule has 0 N–H and O–H groups in total. The highest BCUT2D eigenvalue weighted by Gasteiger charge is 2.64. The minimum atomic E-state index is -2.10. The van der Waals surface area contributed by atoms with E-state index in [0.717, 1.165) is 29.3 Å². The highest BCUT2D eigenvalue weighted by molar-refractivity contribution is 6.82. The summed E-state index contributed by atoms with van der Waals surface area (Å²) in [6.07, 6.45) is 0.786. The van der Waals surface area contributed by atoms with Crippen molar-refractivity contribution in [3.05, 3.63) is 41.5 Å². The number of rotatable bonds is 7. The van der Waals surface area contributed by atoms with Gasteiger partial charge >= 0.3 is 11.9 Å². The standard InChI is InChI=1S/C27H35NO6Si/c1-6-35(7-2,8-3)22-20-16-27(25(31)33-4,26(32)34-5)15-17(20)14-19-21(22)24(30)28(23(19)29)18-12-10-9-11-13-18/h9-13,19,21-22H,6-8,14-16H2,1-5H3/t19-,21-,22-/m1/s1. The first-order chi connectivity index (χ1) is 16.7. The van der Waals surface area contributed by atoms with E-state index in [4.69, 9.17) is 9.47 Å². The number of ether oxygens (including phenoxy) is 2. The molecule has 1 aliphatic heterocycles. The molecule has 0 spiro atoms. The van der Waals surface area contributed by atoms with Crippen molar-refractivity contribution in [2.75, 3.05) is 19.1 Å². The number of hydrogen-bond acceptors (Lipinski definition) is 6. The van der Waals surface area contributed by atoms with E-state index in [1.165, 1.54) is 19.1 Å². The number of imide groups is 1. The van der Waals surface area contributed by atoms with Crippen LogP contribution in [0.1, 0.15) is 40.0 Å². The molecule has 8 heteroatoms. The molecule has 3 aliphatic rings. The summed E-state index contributed by atoms with van der Waals surface area (Å²) in [7, 11) is 0.460. The molecule has 1 saturated heterocycles. The second-order valence-electron chi connectivity index (χ2n) is 10.1. The zero-order chi connectivity index (χ0) is 25.5. The SMILES string of the molecule is CC[Si](CC)(CC)[C@@H]1C2=C(C[C@H]3C(=O)N(c4ccccc4)C(=O)[C@@H]13)CC(C(=O)OC)(C(=O)OC)C2. The molecule has 1 aromatic rings. The number of methoxy groups -OCH3 is 2. The van der Waals surface area contributed by atoms with Crippen LogP contribution in [-0.2, 0) is 28.7 Å². The van der Waals surface area contributed by atoms with Crippen molar-refractivity contribution in [1.82, 2.24) is 0 Å². The number of anilines is 1. The van der Waals surface area contributed by atoms with Crippen LogP contribution in [0.2, 0.25) is 23.7 Å². The van der Waals surface area contributed by atoms with Crippen LogP contribution in [-0.4, -0.2) is 46.0 Å². The minimum absolute atomic E-state index is 0.0994. The highest BCUT2D eigenvalue weighted by atomic mass is 28.3. The zero-order valence-electron chi connectivity index (χ0n) is 21.3. The molecule has 0 radical (unpaired) electrons. The van der Waals surface area contributed by atoms with Gasteiger partial charge in [0.25, 0.3) is 0 Å². The molecule has 0 aromatic heterocycles. The van der Waals surface area contributed by atoms with Crippen LogP contribution in [0.25, 0.3) is 0 Å². The van der Waals surface area contributed by atoms with Crippen molar-refractivity contribution in [2.45, 2.75) is 63.7 Å². The third-order valence-corrected chi connectivity index (χ3v) is 15.3. The van der Waals surface area contributed by atoms with E-state index >= 15 is 0 Å². The molecule has 0 unspecified atom stereocenters. The molecule has 0 bridgehead atoms. The number of carbonyl (C=O) groups excluding carboxylic acids is 4. The van der Waals surface area contributed by atoms with E-state index in [0.29, 0.717) is 12.1 Å². The summed E-state index contributed by atoms with van der Waals surface area (Å²) in [5, 5.41) is 0. The Hall–Kier alpha value is -2.74. The molecule has 2 aliphatic carbocycles. The summed E-state index contributed by atoms with van der Waals surface area (Å²) >= 11 is 0. The topological polar surface area (TPSA) is 90.0 Å². The van der Waals surface area contributed by atoms with Crippen molar-refractivity contribution in [3.63, 3.8) is 0 Å². The summed E-state index contributed by atoms with van der Waals surface area (Å²) < 4.78 is 10.2. The third kappa shape index (κ3) is 3.60. The number of hydrogen-bond donors (Lipinski definition) is 0. The summed E-state index contributed by atoms with van der Waals surface area (Å²) in [4.78, 5) is 55.1. The number of carbonyl (C=O) groups is 4.